The van der Waals surface area contributed by atoms with Crippen LogP contribution in [0.3, 0.4) is 0 Å². The Morgan fingerprint density at radius 1 is 1.32 bits per heavy atom. The first-order valence-electron chi connectivity index (χ1n) is 9.45. The predicted octanol–water partition coefficient (Wildman–Crippen LogP) is 1.89. The van der Waals surface area contributed by atoms with Gasteiger partial charge in [-0.25, -0.2) is 4.39 Å². The zero-order valence-corrected chi connectivity index (χ0v) is 15.4. The van der Waals surface area contributed by atoms with E-state index >= 15 is 0 Å². The number of furan rings is 1. The van der Waals surface area contributed by atoms with Crippen molar-refractivity contribution < 1.29 is 18.4 Å². The van der Waals surface area contributed by atoms with Gasteiger partial charge in [0, 0.05) is 31.1 Å². The molecular weight excluding hydrogens is 363 g/mol. The molecule has 146 valence electrons. The van der Waals surface area contributed by atoms with Crippen molar-refractivity contribution in [1.82, 2.24) is 15.1 Å². The highest BCUT2D eigenvalue weighted by Gasteiger charge is 2.32. The summed E-state index contributed by atoms with van der Waals surface area (Å²) in [6, 6.07) is 6.25. The van der Waals surface area contributed by atoms with Crippen LogP contribution in [0.2, 0.25) is 0 Å². The molecule has 7 nitrogen and oxygen atoms in total. The molecule has 0 aliphatic carbocycles. The number of nitrogens with one attached hydrogen (secondary N) is 1. The fourth-order valence-electron chi connectivity index (χ4n) is 4.04. The Kier molecular flexibility index (Phi) is 5.01. The monoisotopic (exact) mass is 384 g/mol. The lowest BCUT2D eigenvalue weighted by Crippen LogP contribution is -2.43. The van der Waals surface area contributed by atoms with Crippen LogP contribution in [-0.2, 0) is 4.79 Å². The summed E-state index contributed by atoms with van der Waals surface area (Å²) >= 11 is 0. The molecule has 0 saturated carbocycles. The van der Waals surface area contributed by atoms with Gasteiger partial charge in [0.15, 0.2) is 11.4 Å². The number of para-hydroxylation sites is 1. The van der Waals surface area contributed by atoms with Gasteiger partial charge in [-0.2, -0.15) is 5.26 Å². The van der Waals surface area contributed by atoms with Crippen LogP contribution in [0.5, 0.6) is 0 Å². The number of rotatable bonds is 4. The number of hydrogen-bond acceptors (Lipinski definition) is 5. The van der Waals surface area contributed by atoms with Crippen molar-refractivity contribution in [2.24, 2.45) is 0 Å². The molecule has 28 heavy (non-hydrogen) atoms. The molecule has 1 aromatic heterocycles. The van der Waals surface area contributed by atoms with Gasteiger partial charge in [0.05, 0.1) is 18.2 Å². The fourth-order valence-corrected chi connectivity index (χ4v) is 4.04. The minimum absolute atomic E-state index is 0.0349. The highest BCUT2D eigenvalue weighted by atomic mass is 19.1. The molecule has 2 atom stereocenters. The van der Waals surface area contributed by atoms with Crippen molar-refractivity contribution in [3.05, 3.63) is 35.8 Å². The van der Waals surface area contributed by atoms with Crippen LogP contribution in [0.1, 0.15) is 29.6 Å². The number of carbonyl (C=O) groups is 2. The van der Waals surface area contributed by atoms with Gasteiger partial charge in [-0.15, -0.1) is 0 Å². The number of nitriles is 1. The first kappa shape index (κ1) is 18.4. The molecule has 2 aromatic rings. The highest BCUT2D eigenvalue weighted by molar-refractivity contribution is 6.06. The second-order valence-corrected chi connectivity index (χ2v) is 7.33. The minimum Gasteiger partial charge on any atom is -0.460 e. The van der Waals surface area contributed by atoms with Crippen LogP contribution in [0.4, 0.5) is 4.39 Å². The number of benzene rings is 1. The van der Waals surface area contributed by atoms with E-state index in [1.807, 2.05) is 4.90 Å². The SMILES string of the molecule is N#CC1CCCN1C(=O)CN1CC[C@H](NC(=O)c2coc3c(F)cccc23)C1. The smallest absolute Gasteiger partial charge is 0.255 e. The van der Waals surface area contributed by atoms with Crippen LogP contribution in [-0.4, -0.2) is 59.9 Å². The van der Waals surface area contributed by atoms with E-state index < -0.39 is 5.82 Å². The van der Waals surface area contributed by atoms with Crippen LogP contribution in [0, 0.1) is 17.1 Å². The Hall–Kier alpha value is -2.92. The van der Waals surface area contributed by atoms with E-state index in [9.17, 15) is 14.0 Å². The first-order valence-corrected chi connectivity index (χ1v) is 9.45. The van der Waals surface area contributed by atoms with E-state index in [2.05, 4.69) is 11.4 Å². The molecule has 1 unspecified atom stereocenters. The van der Waals surface area contributed by atoms with Gasteiger partial charge in [0.2, 0.25) is 5.91 Å². The van der Waals surface area contributed by atoms with Crippen molar-refractivity contribution in [1.29, 1.82) is 5.26 Å². The lowest BCUT2D eigenvalue weighted by Gasteiger charge is -2.23. The number of nitrogens with zero attached hydrogens (tertiary/aromatic N) is 3. The number of hydrogen-bond donors (Lipinski definition) is 1. The summed E-state index contributed by atoms with van der Waals surface area (Å²) in [6.07, 6.45) is 3.60. The van der Waals surface area contributed by atoms with Gasteiger partial charge in [0.25, 0.3) is 5.91 Å². The number of carbonyl (C=O) groups excluding carboxylic acids is 2. The molecular formula is C20H21FN4O3. The molecule has 1 N–H and O–H groups in total. The average Bonchev–Trinajstić information content (AvgIpc) is 3.41. The Bertz CT molecular complexity index is 951. The van der Waals surface area contributed by atoms with Gasteiger partial charge in [-0.3, -0.25) is 14.5 Å². The maximum atomic E-state index is 13.7. The van der Waals surface area contributed by atoms with Gasteiger partial charge in [-0.05, 0) is 25.3 Å². The molecule has 2 aliphatic rings. The number of amides is 2. The minimum atomic E-state index is -0.500. The van der Waals surface area contributed by atoms with Crippen LogP contribution in [0.15, 0.2) is 28.9 Å². The molecule has 2 amide bonds. The highest BCUT2D eigenvalue weighted by Crippen LogP contribution is 2.24. The summed E-state index contributed by atoms with van der Waals surface area (Å²) in [5.74, 6) is -0.848. The van der Waals surface area contributed by atoms with Crippen molar-refractivity contribution >= 4 is 22.8 Å². The third-order valence-corrected chi connectivity index (χ3v) is 5.49. The van der Waals surface area contributed by atoms with E-state index in [0.29, 0.717) is 30.6 Å². The Morgan fingerprint density at radius 2 is 2.18 bits per heavy atom. The zero-order valence-electron chi connectivity index (χ0n) is 15.4. The largest absolute Gasteiger partial charge is 0.460 e. The molecule has 0 radical (unpaired) electrons. The van der Waals surface area contributed by atoms with Gasteiger partial charge >= 0.3 is 0 Å². The number of likely N-dealkylation sites (tertiary alicyclic amines) is 2. The van der Waals surface area contributed by atoms with E-state index in [4.69, 9.17) is 9.68 Å². The lowest BCUT2D eigenvalue weighted by molar-refractivity contribution is -0.132. The third kappa shape index (κ3) is 3.45. The fraction of sp³-hybridized carbons (Fsp3) is 0.450. The molecule has 1 aromatic carbocycles. The third-order valence-electron chi connectivity index (χ3n) is 5.49. The summed E-state index contributed by atoms with van der Waals surface area (Å²) in [6.45, 7) is 2.15. The molecule has 4 rings (SSSR count). The molecule has 2 saturated heterocycles. The molecule has 3 heterocycles. The van der Waals surface area contributed by atoms with Crippen LogP contribution < -0.4 is 5.32 Å². The zero-order chi connectivity index (χ0) is 19.7. The van der Waals surface area contributed by atoms with Crippen molar-refractivity contribution in [2.45, 2.75) is 31.3 Å². The van der Waals surface area contributed by atoms with Gasteiger partial charge in [-0.1, -0.05) is 12.1 Å². The second kappa shape index (κ2) is 7.60. The summed E-state index contributed by atoms with van der Waals surface area (Å²) < 4.78 is 18.9. The van der Waals surface area contributed by atoms with Gasteiger partial charge in [0.1, 0.15) is 12.3 Å². The maximum absolute atomic E-state index is 13.7. The summed E-state index contributed by atoms with van der Waals surface area (Å²) in [7, 11) is 0. The summed E-state index contributed by atoms with van der Waals surface area (Å²) in [5.41, 5.74) is 0.377. The quantitative estimate of drug-likeness (QED) is 0.870. The maximum Gasteiger partial charge on any atom is 0.255 e. The molecule has 0 spiro atoms. The van der Waals surface area contributed by atoms with E-state index in [1.165, 1.54) is 12.3 Å². The predicted molar refractivity (Wildman–Crippen MR) is 98.8 cm³/mol. The lowest BCUT2D eigenvalue weighted by atomic mass is 10.1. The Balaban J connectivity index is 1.34. The first-order chi connectivity index (χ1) is 13.6. The van der Waals surface area contributed by atoms with Crippen LogP contribution in [0.25, 0.3) is 11.0 Å². The summed E-state index contributed by atoms with van der Waals surface area (Å²) in [4.78, 5) is 28.7. The van der Waals surface area contributed by atoms with E-state index in [0.717, 1.165) is 19.3 Å². The average molecular weight is 384 g/mol. The Morgan fingerprint density at radius 3 is 3.00 bits per heavy atom. The number of fused-ring (bicyclic) bond motifs is 1. The molecule has 0 bridgehead atoms. The van der Waals surface area contributed by atoms with Crippen molar-refractivity contribution in [3.63, 3.8) is 0 Å². The second-order valence-electron chi connectivity index (χ2n) is 7.33. The normalized spacial score (nSPS) is 22.5. The molecule has 2 fully saturated rings. The Labute approximate surface area is 161 Å². The van der Waals surface area contributed by atoms with Crippen molar-refractivity contribution in [3.8, 4) is 6.07 Å². The molecule has 2 aliphatic heterocycles. The van der Waals surface area contributed by atoms with Crippen LogP contribution >= 0.6 is 0 Å². The topological polar surface area (TPSA) is 89.6 Å². The van der Waals surface area contributed by atoms with Crippen molar-refractivity contribution in [2.75, 3.05) is 26.2 Å². The van der Waals surface area contributed by atoms with E-state index in [1.54, 1.807) is 17.0 Å². The number of halogens is 1. The van der Waals surface area contributed by atoms with Gasteiger partial charge < -0.3 is 14.6 Å². The standard InChI is InChI=1S/C20H21FN4O3/c21-17-5-1-4-15-16(12-28-19(15)17)20(27)23-13-6-8-24(10-13)11-18(26)25-7-2-3-14(25)9-22/h1,4-5,12-14H,2-3,6-8,10-11H2,(H,23,27)/t13-,14?/m0/s1. The summed E-state index contributed by atoms with van der Waals surface area (Å²) in [5, 5.41) is 12.5. The van der Waals surface area contributed by atoms with E-state index in [-0.39, 0.29) is 36.0 Å². The molecule has 8 heteroatoms.